The molecule has 0 heterocycles. The highest BCUT2D eigenvalue weighted by molar-refractivity contribution is 5.71. The topological polar surface area (TPSA) is 49.5 Å². The second-order valence-corrected chi connectivity index (χ2v) is 5.04. The van der Waals surface area contributed by atoms with Crippen LogP contribution in [0.2, 0.25) is 0 Å². The predicted octanol–water partition coefficient (Wildman–Crippen LogP) is 2.32. The van der Waals surface area contributed by atoms with Crippen molar-refractivity contribution in [2.24, 2.45) is 0 Å². The van der Waals surface area contributed by atoms with E-state index in [4.69, 9.17) is 5.73 Å². The first-order valence-corrected chi connectivity index (χ1v) is 6.37. The summed E-state index contributed by atoms with van der Waals surface area (Å²) in [6, 6.07) is 6.16. The molecule has 0 spiro atoms. The number of nitrogens with zero attached hydrogens (tertiary/aromatic N) is 1. The van der Waals surface area contributed by atoms with Crippen molar-refractivity contribution in [1.29, 1.82) is 0 Å². The maximum absolute atomic E-state index is 10.1. The molecule has 2 atom stereocenters. The van der Waals surface area contributed by atoms with E-state index in [1.807, 2.05) is 19.2 Å². The molecule has 17 heavy (non-hydrogen) atoms. The zero-order valence-corrected chi connectivity index (χ0v) is 10.7. The summed E-state index contributed by atoms with van der Waals surface area (Å²) in [5, 5.41) is 10.1. The molecule has 1 saturated carbocycles. The minimum atomic E-state index is -0.229. The van der Waals surface area contributed by atoms with E-state index in [2.05, 4.69) is 17.9 Å². The van der Waals surface area contributed by atoms with Gasteiger partial charge in [-0.25, -0.2) is 0 Å². The molecular weight excluding hydrogens is 212 g/mol. The van der Waals surface area contributed by atoms with Crippen molar-refractivity contribution >= 4 is 11.4 Å². The van der Waals surface area contributed by atoms with Gasteiger partial charge in [0, 0.05) is 7.05 Å². The molecule has 2 rings (SSSR count). The molecule has 0 radical (unpaired) electrons. The summed E-state index contributed by atoms with van der Waals surface area (Å²) in [7, 11) is 2.04. The zero-order chi connectivity index (χ0) is 12.4. The van der Waals surface area contributed by atoms with Gasteiger partial charge in [0.1, 0.15) is 0 Å². The molecule has 0 amide bonds. The molecule has 1 fully saturated rings. The zero-order valence-electron chi connectivity index (χ0n) is 10.7. The Morgan fingerprint density at radius 2 is 2.00 bits per heavy atom. The van der Waals surface area contributed by atoms with E-state index in [1.165, 1.54) is 12.0 Å². The summed E-state index contributed by atoms with van der Waals surface area (Å²) in [4.78, 5) is 2.16. The van der Waals surface area contributed by atoms with Crippen LogP contribution in [0.4, 0.5) is 11.4 Å². The molecule has 0 saturated heterocycles. The van der Waals surface area contributed by atoms with Crippen molar-refractivity contribution in [2.75, 3.05) is 17.7 Å². The van der Waals surface area contributed by atoms with Crippen molar-refractivity contribution in [3.05, 3.63) is 23.8 Å². The number of para-hydroxylation sites is 1. The minimum Gasteiger partial charge on any atom is -0.397 e. The fraction of sp³-hybridized carbons (Fsp3) is 0.571. The van der Waals surface area contributed by atoms with E-state index in [9.17, 15) is 5.11 Å². The first-order chi connectivity index (χ1) is 8.11. The van der Waals surface area contributed by atoms with Crippen LogP contribution in [0.25, 0.3) is 0 Å². The molecule has 0 aromatic heterocycles. The molecule has 2 unspecified atom stereocenters. The van der Waals surface area contributed by atoms with Crippen LogP contribution in [0.5, 0.6) is 0 Å². The van der Waals surface area contributed by atoms with Crippen molar-refractivity contribution in [3.63, 3.8) is 0 Å². The smallest absolute Gasteiger partial charge is 0.0743 e. The third kappa shape index (κ3) is 2.39. The summed E-state index contributed by atoms with van der Waals surface area (Å²) in [6.45, 7) is 2.07. The second-order valence-electron chi connectivity index (χ2n) is 5.04. The Kier molecular flexibility index (Phi) is 3.57. The third-order valence-electron chi connectivity index (χ3n) is 3.81. The summed E-state index contributed by atoms with van der Waals surface area (Å²) in [6.07, 6.45) is 4.05. The Hall–Kier alpha value is -1.22. The fourth-order valence-corrected chi connectivity index (χ4v) is 2.87. The van der Waals surface area contributed by atoms with Crippen LogP contribution < -0.4 is 10.6 Å². The lowest BCUT2D eigenvalue weighted by Gasteiger charge is -2.37. The van der Waals surface area contributed by atoms with Crippen LogP contribution in [0, 0.1) is 6.92 Å². The normalized spacial score (nSPS) is 24.6. The lowest BCUT2D eigenvalue weighted by molar-refractivity contribution is 0.106. The molecular formula is C14H22N2O. The maximum atomic E-state index is 10.1. The van der Waals surface area contributed by atoms with Gasteiger partial charge in [0.05, 0.1) is 23.5 Å². The molecule has 1 aliphatic rings. The Bertz CT molecular complexity index is 372. The Morgan fingerprint density at radius 1 is 1.29 bits per heavy atom. The number of likely N-dealkylation sites (N-methyl/N-ethyl adjacent to an activating group) is 1. The first-order valence-electron chi connectivity index (χ1n) is 6.37. The monoisotopic (exact) mass is 234 g/mol. The molecule has 1 aromatic carbocycles. The van der Waals surface area contributed by atoms with Crippen molar-refractivity contribution in [3.8, 4) is 0 Å². The molecule has 0 aliphatic heterocycles. The quantitative estimate of drug-likeness (QED) is 0.772. The number of hydrogen-bond donors (Lipinski definition) is 2. The van der Waals surface area contributed by atoms with E-state index in [-0.39, 0.29) is 12.1 Å². The van der Waals surface area contributed by atoms with E-state index in [0.29, 0.717) is 0 Å². The van der Waals surface area contributed by atoms with Gasteiger partial charge in [-0.15, -0.1) is 0 Å². The number of nitrogen functional groups attached to an aromatic ring is 1. The van der Waals surface area contributed by atoms with Gasteiger partial charge >= 0.3 is 0 Å². The highest BCUT2D eigenvalue weighted by Gasteiger charge is 2.28. The molecule has 1 aliphatic carbocycles. The van der Waals surface area contributed by atoms with Crippen LogP contribution in [0.1, 0.15) is 31.2 Å². The van der Waals surface area contributed by atoms with Crippen molar-refractivity contribution < 1.29 is 5.11 Å². The van der Waals surface area contributed by atoms with Gasteiger partial charge in [-0.1, -0.05) is 25.0 Å². The largest absolute Gasteiger partial charge is 0.397 e. The van der Waals surface area contributed by atoms with E-state index >= 15 is 0 Å². The SMILES string of the molecule is Cc1cccc(N)c1N(C)C1CCCCC1O. The number of benzene rings is 1. The summed E-state index contributed by atoms with van der Waals surface area (Å²) >= 11 is 0. The van der Waals surface area contributed by atoms with Gasteiger partial charge in [0.15, 0.2) is 0 Å². The Morgan fingerprint density at radius 3 is 2.65 bits per heavy atom. The van der Waals surface area contributed by atoms with Gasteiger partial charge in [-0.3, -0.25) is 0 Å². The van der Waals surface area contributed by atoms with E-state index < -0.39 is 0 Å². The number of rotatable bonds is 2. The standard InChI is InChI=1S/C14H22N2O/c1-10-6-5-7-11(15)14(10)16(2)12-8-3-4-9-13(12)17/h5-7,12-13,17H,3-4,8-9,15H2,1-2H3. The van der Waals surface area contributed by atoms with E-state index in [0.717, 1.165) is 30.6 Å². The summed E-state index contributed by atoms with van der Waals surface area (Å²) in [5.41, 5.74) is 9.09. The Labute approximate surface area is 103 Å². The van der Waals surface area contributed by atoms with Crippen LogP contribution in [0.3, 0.4) is 0 Å². The van der Waals surface area contributed by atoms with E-state index in [1.54, 1.807) is 0 Å². The number of nitrogens with two attached hydrogens (primary N) is 1. The summed E-state index contributed by atoms with van der Waals surface area (Å²) in [5.74, 6) is 0. The number of anilines is 2. The Balaban J connectivity index is 2.26. The van der Waals surface area contributed by atoms with Gasteiger partial charge in [0.2, 0.25) is 0 Å². The number of aliphatic hydroxyl groups is 1. The lowest BCUT2D eigenvalue weighted by Crippen LogP contribution is -2.44. The lowest BCUT2D eigenvalue weighted by atomic mass is 9.91. The molecule has 3 heteroatoms. The number of aliphatic hydroxyl groups excluding tert-OH is 1. The van der Waals surface area contributed by atoms with Crippen LogP contribution in [-0.4, -0.2) is 24.3 Å². The first kappa shape index (κ1) is 12.2. The molecule has 1 aromatic rings. The van der Waals surface area contributed by atoms with Crippen molar-refractivity contribution in [2.45, 2.75) is 44.8 Å². The molecule has 3 N–H and O–H groups in total. The molecule has 0 bridgehead atoms. The van der Waals surface area contributed by atoms with Gasteiger partial charge in [0.25, 0.3) is 0 Å². The third-order valence-corrected chi connectivity index (χ3v) is 3.81. The highest BCUT2D eigenvalue weighted by Crippen LogP contribution is 2.32. The predicted molar refractivity (Wildman–Crippen MR) is 72.3 cm³/mol. The van der Waals surface area contributed by atoms with Gasteiger partial charge in [-0.05, 0) is 31.4 Å². The van der Waals surface area contributed by atoms with Crippen molar-refractivity contribution in [1.82, 2.24) is 0 Å². The van der Waals surface area contributed by atoms with Gasteiger partial charge in [-0.2, -0.15) is 0 Å². The number of aryl methyl sites for hydroxylation is 1. The van der Waals surface area contributed by atoms with Gasteiger partial charge < -0.3 is 15.7 Å². The fourth-order valence-electron chi connectivity index (χ4n) is 2.87. The average molecular weight is 234 g/mol. The molecule has 3 nitrogen and oxygen atoms in total. The van der Waals surface area contributed by atoms with Crippen LogP contribution >= 0.6 is 0 Å². The van der Waals surface area contributed by atoms with Crippen LogP contribution in [-0.2, 0) is 0 Å². The second kappa shape index (κ2) is 4.96. The molecule has 94 valence electrons. The highest BCUT2D eigenvalue weighted by atomic mass is 16.3. The minimum absolute atomic E-state index is 0.201. The maximum Gasteiger partial charge on any atom is 0.0743 e. The number of hydrogen-bond acceptors (Lipinski definition) is 3. The summed E-state index contributed by atoms with van der Waals surface area (Å²) < 4.78 is 0. The van der Waals surface area contributed by atoms with Crippen LogP contribution in [0.15, 0.2) is 18.2 Å². The average Bonchev–Trinajstić information content (AvgIpc) is 2.29.